The molecule has 2 aromatic rings. The molecule has 0 radical (unpaired) electrons. The lowest BCUT2D eigenvalue weighted by Gasteiger charge is -2.40. The zero-order valence-electron chi connectivity index (χ0n) is 22.3. The molecule has 1 aliphatic carbocycles. The van der Waals surface area contributed by atoms with Gasteiger partial charge < -0.3 is 25.2 Å². The molecule has 1 aliphatic rings. The van der Waals surface area contributed by atoms with Gasteiger partial charge in [0, 0.05) is 31.5 Å². The van der Waals surface area contributed by atoms with Gasteiger partial charge in [0.25, 0.3) is 0 Å². The lowest BCUT2D eigenvalue weighted by atomic mass is 9.87. The van der Waals surface area contributed by atoms with Crippen molar-refractivity contribution in [2.75, 3.05) is 13.2 Å². The molecule has 3 rings (SSSR count). The number of aliphatic hydroxyl groups is 2. The Kier molecular flexibility index (Phi) is 12.7. The number of halogens is 2. The number of rotatable bonds is 14. The van der Waals surface area contributed by atoms with Crippen molar-refractivity contribution < 1.29 is 28.9 Å². The lowest BCUT2D eigenvalue weighted by Crippen LogP contribution is -2.54. The van der Waals surface area contributed by atoms with E-state index in [2.05, 4.69) is 34.8 Å². The van der Waals surface area contributed by atoms with Gasteiger partial charge in [-0.2, -0.15) is 0 Å². The molecule has 0 aromatic heterocycles. The van der Waals surface area contributed by atoms with Crippen molar-refractivity contribution in [2.24, 2.45) is 0 Å². The highest BCUT2D eigenvalue weighted by molar-refractivity contribution is 14.1. The summed E-state index contributed by atoms with van der Waals surface area (Å²) in [4.78, 5) is 28.2. The SMILES string of the molecule is CCCCCCCC(=O)N(Cc1ccc(F)cc1)C1CC(C(=O)NCCO)=CC(Oc2ccccc2I)C1O. The molecule has 212 valence electrons. The van der Waals surface area contributed by atoms with E-state index in [-0.39, 0.29) is 43.7 Å². The fourth-order valence-corrected chi connectivity index (χ4v) is 5.18. The molecular weight excluding hydrogens is 614 g/mol. The molecule has 0 bridgehead atoms. The Morgan fingerprint density at radius 3 is 2.51 bits per heavy atom. The van der Waals surface area contributed by atoms with Crippen LogP contribution in [0.1, 0.15) is 57.4 Å². The standard InChI is InChI=1S/C30H38FIN2O5/c1-2-3-4-5-6-11-28(36)34(20-21-12-14-23(31)15-13-21)25-18-22(30(38)33-16-17-35)19-27(29(25)37)39-26-10-8-7-9-24(26)32/h7-10,12-15,19,25,27,29,35,37H,2-6,11,16-18,20H2,1H3,(H,33,38). The summed E-state index contributed by atoms with van der Waals surface area (Å²) in [6, 6.07) is 12.6. The Labute approximate surface area is 243 Å². The Morgan fingerprint density at radius 2 is 1.82 bits per heavy atom. The van der Waals surface area contributed by atoms with Crippen LogP contribution in [-0.2, 0) is 16.1 Å². The first-order chi connectivity index (χ1) is 18.8. The first kappa shape index (κ1) is 31.0. The number of benzene rings is 2. The van der Waals surface area contributed by atoms with E-state index in [0.29, 0.717) is 17.7 Å². The highest BCUT2D eigenvalue weighted by Gasteiger charge is 2.40. The van der Waals surface area contributed by atoms with Crippen LogP contribution in [0.15, 0.2) is 60.2 Å². The zero-order chi connectivity index (χ0) is 28.2. The van der Waals surface area contributed by atoms with Gasteiger partial charge >= 0.3 is 0 Å². The molecule has 39 heavy (non-hydrogen) atoms. The van der Waals surface area contributed by atoms with Crippen LogP contribution < -0.4 is 10.1 Å². The van der Waals surface area contributed by atoms with E-state index < -0.39 is 18.2 Å². The van der Waals surface area contributed by atoms with Gasteiger partial charge in [0.2, 0.25) is 11.8 Å². The second kappa shape index (κ2) is 15.9. The number of ether oxygens (including phenoxy) is 1. The summed E-state index contributed by atoms with van der Waals surface area (Å²) in [5.41, 5.74) is 1.09. The molecular formula is C30H38FIN2O5. The minimum atomic E-state index is -1.11. The maximum absolute atomic E-state index is 13.6. The molecule has 0 heterocycles. The number of carbonyl (C=O) groups excluding carboxylic acids is 2. The van der Waals surface area contributed by atoms with Crippen LogP contribution in [-0.4, -0.2) is 58.3 Å². The molecule has 9 heteroatoms. The summed E-state index contributed by atoms with van der Waals surface area (Å²) in [6.07, 6.45) is 4.96. The van der Waals surface area contributed by atoms with E-state index in [0.717, 1.165) is 41.2 Å². The molecule has 0 saturated carbocycles. The predicted octanol–water partition coefficient (Wildman–Crippen LogP) is 4.74. The highest BCUT2D eigenvalue weighted by atomic mass is 127. The molecule has 2 amide bonds. The average Bonchev–Trinajstić information content (AvgIpc) is 2.93. The monoisotopic (exact) mass is 652 g/mol. The van der Waals surface area contributed by atoms with Gasteiger partial charge in [-0.3, -0.25) is 9.59 Å². The van der Waals surface area contributed by atoms with Crippen molar-refractivity contribution in [3.05, 3.63) is 75.1 Å². The smallest absolute Gasteiger partial charge is 0.247 e. The molecule has 0 saturated heterocycles. The molecule has 0 aliphatic heterocycles. The van der Waals surface area contributed by atoms with Crippen molar-refractivity contribution in [3.63, 3.8) is 0 Å². The van der Waals surface area contributed by atoms with Crippen LogP contribution in [0.3, 0.4) is 0 Å². The number of unbranched alkanes of at least 4 members (excludes halogenated alkanes) is 4. The third-order valence-corrected chi connectivity index (χ3v) is 7.69. The molecule has 0 fully saturated rings. The number of para-hydroxylation sites is 1. The third kappa shape index (κ3) is 9.29. The fourth-order valence-electron chi connectivity index (χ4n) is 4.67. The molecule has 3 unspecified atom stereocenters. The van der Waals surface area contributed by atoms with Gasteiger partial charge in [0.05, 0.1) is 16.2 Å². The summed E-state index contributed by atoms with van der Waals surface area (Å²) in [7, 11) is 0. The van der Waals surface area contributed by atoms with Crippen LogP contribution in [0, 0.1) is 9.39 Å². The maximum atomic E-state index is 13.6. The fraction of sp³-hybridized carbons (Fsp3) is 0.467. The number of hydrogen-bond donors (Lipinski definition) is 3. The number of nitrogens with one attached hydrogen (secondary N) is 1. The zero-order valence-corrected chi connectivity index (χ0v) is 24.5. The molecule has 0 spiro atoms. The van der Waals surface area contributed by atoms with Crippen molar-refractivity contribution in [1.29, 1.82) is 0 Å². The van der Waals surface area contributed by atoms with Crippen LogP contribution in [0.25, 0.3) is 0 Å². The number of nitrogens with zero attached hydrogens (tertiary/aromatic N) is 1. The predicted molar refractivity (Wildman–Crippen MR) is 156 cm³/mol. The minimum Gasteiger partial charge on any atom is -0.482 e. The molecule has 3 atom stereocenters. The van der Waals surface area contributed by atoms with Crippen molar-refractivity contribution in [3.8, 4) is 5.75 Å². The van der Waals surface area contributed by atoms with Gasteiger partial charge in [-0.25, -0.2) is 4.39 Å². The van der Waals surface area contributed by atoms with E-state index >= 15 is 0 Å². The number of hydrogen-bond acceptors (Lipinski definition) is 5. The normalized spacial score (nSPS) is 18.8. The van der Waals surface area contributed by atoms with Gasteiger partial charge in [-0.15, -0.1) is 0 Å². The van der Waals surface area contributed by atoms with E-state index in [9.17, 15) is 24.2 Å². The first-order valence-corrected chi connectivity index (χ1v) is 14.6. The molecule has 3 N–H and O–H groups in total. The van der Waals surface area contributed by atoms with Crippen molar-refractivity contribution in [1.82, 2.24) is 10.2 Å². The number of carbonyl (C=O) groups is 2. The summed E-state index contributed by atoms with van der Waals surface area (Å²) in [5.74, 6) is -0.334. The van der Waals surface area contributed by atoms with Crippen LogP contribution in [0.4, 0.5) is 4.39 Å². The van der Waals surface area contributed by atoms with Gasteiger partial charge in [-0.1, -0.05) is 56.9 Å². The van der Waals surface area contributed by atoms with E-state index in [1.807, 2.05) is 18.2 Å². The summed E-state index contributed by atoms with van der Waals surface area (Å²) >= 11 is 2.14. The highest BCUT2D eigenvalue weighted by Crippen LogP contribution is 2.31. The molecule has 2 aromatic carbocycles. The van der Waals surface area contributed by atoms with Crippen molar-refractivity contribution >= 4 is 34.4 Å². The quantitative estimate of drug-likeness (QED) is 0.203. The van der Waals surface area contributed by atoms with E-state index in [1.54, 1.807) is 29.2 Å². The Balaban J connectivity index is 1.91. The van der Waals surface area contributed by atoms with E-state index in [1.165, 1.54) is 12.1 Å². The maximum Gasteiger partial charge on any atom is 0.247 e. The minimum absolute atomic E-state index is 0.0848. The summed E-state index contributed by atoms with van der Waals surface area (Å²) < 4.78 is 20.6. The Bertz CT molecular complexity index is 1110. The van der Waals surface area contributed by atoms with Gasteiger partial charge in [-0.05, 0) is 64.9 Å². The second-order valence-corrected chi connectivity index (χ2v) is 10.9. The van der Waals surface area contributed by atoms with Crippen LogP contribution >= 0.6 is 22.6 Å². The lowest BCUT2D eigenvalue weighted by molar-refractivity contribution is -0.139. The Morgan fingerprint density at radius 1 is 1.10 bits per heavy atom. The largest absolute Gasteiger partial charge is 0.482 e. The third-order valence-electron chi connectivity index (χ3n) is 6.80. The Hall–Kier alpha value is -2.50. The average molecular weight is 653 g/mol. The topological polar surface area (TPSA) is 99.1 Å². The van der Waals surface area contributed by atoms with Crippen LogP contribution in [0.2, 0.25) is 0 Å². The molecule has 7 nitrogen and oxygen atoms in total. The second-order valence-electron chi connectivity index (χ2n) is 9.76. The van der Waals surface area contributed by atoms with E-state index in [4.69, 9.17) is 4.74 Å². The summed E-state index contributed by atoms with van der Waals surface area (Å²) in [6.45, 7) is 2.18. The van der Waals surface area contributed by atoms with Crippen LogP contribution in [0.5, 0.6) is 5.75 Å². The first-order valence-electron chi connectivity index (χ1n) is 13.6. The number of aliphatic hydroxyl groups excluding tert-OH is 2. The van der Waals surface area contributed by atoms with Gasteiger partial charge in [0.1, 0.15) is 23.8 Å². The van der Waals surface area contributed by atoms with Gasteiger partial charge in [0.15, 0.2) is 0 Å². The number of amides is 2. The summed E-state index contributed by atoms with van der Waals surface area (Å²) in [5, 5.41) is 23.4. The van der Waals surface area contributed by atoms with Crippen molar-refractivity contribution in [2.45, 2.75) is 76.7 Å².